The fourth-order valence-electron chi connectivity index (χ4n) is 2.98. The SMILES string of the molecule is [B]c1ccc2c(c1)C1(COC(N)=N1)c1cc(OC)ccc1O2. The van der Waals surface area contributed by atoms with E-state index in [9.17, 15) is 0 Å². The van der Waals surface area contributed by atoms with Gasteiger partial charge in [-0.2, -0.15) is 0 Å². The molecule has 1 spiro atoms. The van der Waals surface area contributed by atoms with E-state index < -0.39 is 5.54 Å². The minimum Gasteiger partial charge on any atom is -0.497 e. The van der Waals surface area contributed by atoms with Crippen LogP contribution in [0.3, 0.4) is 0 Å². The molecule has 108 valence electrons. The molecule has 2 radical (unpaired) electrons. The molecule has 0 saturated heterocycles. The Morgan fingerprint density at radius 1 is 1.18 bits per heavy atom. The predicted molar refractivity (Wildman–Crippen MR) is 83.3 cm³/mol. The maximum Gasteiger partial charge on any atom is 0.283 e. The lowest BCUT2D eigenvalue weighted by molar-refractivity contribution is 0.264. The van der Waals surface area contributed by atoms with Crippen LogP contribution in [-0.2, 0) is 10.3 Å². The molecule has 0 bridgehead atoms. The van der Waals surface area contributed by atoms with Crippen molar-refractivity contribution >= 4 is 19.3 Å². The van der Waals surface area contributed by atoms with E-state index in [2.05, 4.69) is 4.99 Å². The lowest BCUT2D eigenvalue weighted by atomic mass is 9.79. The Kier molecular flexibility index (Phi) is 2.63. The number of aliphatic imine (C=N–C) groups is 1. The van der Waals surface area contributed by atoms with Crippen LogP contribution in [0.4, 0.5) is 0 Å². The van der Waals surface area contributed by atoms with E-state index in [1.54, 1.807) is 13.2 Å². The average Bonchev–Trinajstić information content (AvgIpc) is 2.91. The summed E-state index contributed by atoms with van der Waals surface area (Å²) in [5.74, 6) is 2.13. The molecule has 0 saturated carbocycles. The van der Waals surface area contributed by atoms with Gasteiger partial charge in [-0.05, 0) is 24.3 Å². The first-order valence-corrected chi connectivity index (χ1v) is 6.87. The molecule has 2 heterocycles. The Hall–Kier alpha value is -2.63. The number of hydrogen-bond donors (Lipinski definition) is 1. The van der Waals surface area contributed by atoms with Gasteiger partial charge < -0.3 is 19.9 Å². The quantitative estimate of drug-likeness (QED) is 0.802. The van der Waals surface area contributed by atoms with Crippen LogP contribution in [0.2, 0.25) is 0 Å². The van der Waals surface area contributed by atoms with Gasteiger partial charge in [-0.25, -0.2) is 4.99 Å². The molecule has 2 aromatic carbocycles. The molecule has 6 heteroatoms. The van der Waals surface area contributed by atoms with Crippen LogP contribution in [0.1, 0.15) is 11.1 Å². The van der Waals surface area contributed by atoms with Crippen LogP contribution in [0, 0.1) is 0 Å². The zero-order valence-electron chi connectivity index (χ0n) is 12.0. The molecule has 5 nitrogen and oxygen atoms in total. The van der Waals surface area contributed by atoms with E-state index in [-0.39, 0.29) is 6.02 Å². The van der Waals surface area contributed by atoms with Crippen molar-refractivity contribution in [2.45, 2.75) is 5.54 Å². The monoisotopic (exact) mass is 292 g/mol. The molecular formula is C16H13BN2O3. The summed E-state index contributed by atoms with van der Waals surface area (Å²) in [4.78, 5) is 4.56. The van der Waals surface area contributed by atoms with Crippen molar-refractivity contribution in [2.24, 2.45) is 10.7 Å². The number of nitrogens with zero attached hydrogens (tertiary/aromatic N) is 1. The lowest BCUT2D eigenvalue weighted by Gasteiger charge is -2.33. The Labute approximate surface area is 129 Å². The lowest BCUT2D eigenvalue weighted by Crippen LogP contribution is -2.32. The fraction of sp³-hybridized carbons (Fsp3) is 0.188. The first-order valence-electron chi connectivity index (χ1n) is 6.87. The highest BCUT2D eigenvalue weighted by Gasteiger charge is 2.47. The Morgan fingerprint density at radius 3 is 2.59 bits per heavy atom. The van der Waals surface area contributed by atoms with Gasteiger partial charge in [-0.15, -0.1) is 0 Å². The van der Waals surface area contributed by atoms with E-state index in [4.69, 9.17) is 27.8 Å². The van der Waals surface area contributed by atoms with Crippen LogP contribution in [0.15, 0.2) is 41.4 Å². The van der Waals surface area contributed by atoms with Gasteiger partial charge in [-0.3, -0.25) is 0 Å². The molecule has 2 aromatic rings. The Balaban J connectivity index is 2.02. The molecule has 1 atom stereocenters. The number of amidine groups is 1. The zero-order valence-corrected chi connectivity index (χ0v) is 12.0. The third-order valence-electron chi connectivity index (χ3n) is 4.03. The van der Waals surface area contributed by atoms with Crippen molar-refractivity contribution in [3.05, 3.63) is 47.5 Å². The summed E-state index contributed by atoms with van der Waals surface area (Å²) < 4.78 is 16.8. The van der Waals surface area contributed by atoms with Gasteiger partial charge in [0.1, 0.15) is 31.7 Å². The normalized spacial score (nSPS) is 21.4. The third-order valence-corrected chi connectivity index (χ3v) is 4.03. The fourth-order valence-corrected chi connectivity index (χ4v) is 2.98. The summed E-state index contributed by atoms with van der Waals surface area (Å²) in [7, 11) is 7.56. The third kappa shape index (κ3) is 1.70. The minimum absolute atomic E-state index is 0.157. The average molecular weight is 292 g/mol. The van der Waals surface area contributed by atoms with Gasteiger partial charge in [0.05, 0.1) is 7.11 Å². The number of hydrogen-bond acceptors (Lipinski definition) is 5. The number of nitrogens with two attached hydrogens (primary N) is 1. The van der Waals surface area contributed by atoms with Crippen LogP contribution >= 0.6 is 0 Å². The number of ether oxygens (including phenoxy) is 3. The number of fused-ring (bicyclic) bond motifs is 4. The van der Waals surface area contributed by atoms with Gasteiger partial charge in [-0.1, -0.05) is 17.6 Å². The van der Waals surface area contributed by atoms with E-state index in [1.165, 1.54) is 0 Å². The highest BCUT2D eigenvalue weighted by Crippen LogP contribution is 2.51. The molecule has 0 amide bonds. The number of benzene rings is 2. The van der Waals surface area contributed by atoms with Crippen molar-refractivity contribution in [3.8, 4) is 17.2 Å². The van der Waals surface area contributed by atoms with Crippen LogP contribution in [0.25, 0.3) is 0 Å². The van der Waals surface area contributed by atoms with Crippen molar-refractivity contribution in [3.63, 3.8) is 0 Å². The summed E-state index contributed by atoms with van der Waals surface area (Å²) in [6, 6.07) is 11.2. The molecule has 2 aliphatic rings. The summed E-state index contributed by atoms with van der Waals surface area (Å²) >= 11 is 0. The van der Waals surface area contributed by atoms with Crippen LogP contribution in [-0.4, -0.2) is 27.6 Å². The predicted octanol–water partition coefficient (Wildman–Crippen LogP) is 1.18. The summed E-state index contributed by atoms with van der Waals surface area (Å²) in [5, 5.41) is 0. The van der Waals surface area contributed by atoms with Gasteiger partial charge in [0, 0.05) is 11.1 Å². The first-order chi connectivity index (χ1) is 10.6. The first kappa shape index (κ1) is 13.1. The Bertz CT molecular complexity index is 806. The van der Waals surface area contributed by atoms with E-state index in [0.29, 0.717) is 23.6 Å². The van der Waals surface area contributed by atoms with Gasteiger partial charge in [0.2, 0.25) is 0 Å². The van der Waals surface area contributed by atoms with Crippen molar-refractivity contribution in [2.75, 3.05) is 13.7 Å². The molecule has 0 aliphatic carbocycles. The van der Waals surface area contributed by atoms with Crippen LogP contribution in [0.5, 0.6) is 17.2 Å². The second kappa shape index (κ2) is 4.43. The molecule has 2 N–H and O–H groups in total. The van der Waals surface area contributed by atoms with Gasteiger partial charge in [0.25, 0.3) is 6.02 Å². The van der Waals surface area contributed by atoms with Crippen LogP contribution < -0.4 is 20.7 Å². The number of rotatable bonds is 1. The topological polar surface area (TPSA) is 66.1 Å². The summed E-state index contributed by atoms with van der Waals surface area (Å²) in [6.45, 7) is 0.304. The molecular weight excluding hydrogens is 279 g/mol. The zero-order chi connectivity index (χ0) is 15.3. The van der Waals surface area contributed by atoms with E-state index >= 15 is 0 Å². The second-order valence-electron chi connectivity index (χ2n) is 5.32. The summed E-state index contributed by atoms with van der Waals surface area (Å²) in [6.07, 6.45) is 0. The smallest absolute Gasteiger partial charge is 0.283 e. The van der Waals surface area contributed by atoms with Crippen molar-refractivity contribution in [1.29, 1.82) is 0 Å². The largest absolute Gasteiger partial charge is 0.497 e. The van der Waals surface area contributed by atoms with E-state index in [0.717, 1.165) is 16.9 Å². The molecule has 1 unspecified atom stereocenters. The van der Waals surface area contributed by atoms with E-state index in [1.807, 2.05) is 30.3 Å². The number of methoxy groups -OCH3 is 1. The second-order valence-corrected chi connectivity index (χ2v) is 5.32. The van der Waals surface area contributed by atoms with Gasteiger partial charge in [0.15, 0.2) is 5.54 Å². The highest BCUT2D eigenvalue weighted by molar-refractivity contribution is 6.32. The van der Waals surface area contributed by atoms with Crippen molar-refractivity contribution < 1.29 is 14.2 Å². The van der Waals surface area contributed by atoms with Crippen molar-refractivity contribution in [1.82, 2.24) is 0 Å². The standard InChI is InChI=1S/C16H13BN2O3/c1-20-10-3-5-14-12(7-10)16(8-21-15(18)19-16)11-6-9(17)2-4-13(11)22-14/h2-7H,8H2,1H3,(H2,18,19). The Morgan fingerprint density at radius 2 is 1.91 bits per heavy atom. The van der Waals surface area contributed by atoms with Gasteiger partial charge >= 0.3 is 0 Å². The maximum atomic E-state index is 5.98. The molecule has 0 aromatic heterocycles. The minimum atomic E-state index is -0.753. The maximum absolute atomic E-state index is 5.98. The molecule has 2 aliphatic heterocycles. The highest BCUT2D eigenvalue weighted by atomic mass is 16.5. The summed E-state index contributed by atoms with van der Waals surface area (Å²) in [5.41, 5.74) is 7.36. The molecule has 0 fully saturated rings. The molecule has 22 heavy (non-hydrogen) atoms. The molecule has 4 rings (SSSR count).